The lowest BCUT2D eigenvalue weighted by Crippen LogP contribution is -2.46. The fourth-order valence-electron chi connectivity index (χ4n) is 3.28. The molecule has 1 aliphatic rings. The van der Waals surface area contributed by atoms with Crippen molar-refractivity contribution >= 4 is 33.0 Å². The molecule has 5 heteroatoms. The van der Waals surface area contributed by atoms with E-state index in [4.69, 9.17) is 0 Å². The Kier molecular flexibility index (Phi) is 6.10. The molecular formula is C19H27N3OS. The Bertz CT molecular complexity index is 661. The average molecular weight is 346 g/mol. The molecule has 130 valence electrons. The lowest BCUT2D eigenvalue weighted by atomic mass is 10.1. The van der Waals surface area contributed by atoms with Gasteiger partial charge in [-0.2, -0.15) is 0 Å². The monoisotopic (exact) mass is 345 g/mol. The first-order valence-corrected chi connectivity index (χ1v) is 9.86. The van der Waals surface area contributed by atoms with Crippen molar-refractivity contribution in [3.05, 3.63) is 29.6 Å². The van der Waals surface area contributed by atoms with E-state index in [0.29, 0.717) is 6.42 Å². The number of nitrogens with zero attached hydrogens (tertiary/aromatic N) is 2. The minimum absolute atomic E-state index is 0.159. The third-order valence-electron chi connectivity index (χ3n) is 4.73. The number of unbranched alkanes of at least 4 members (excludes halogenated alkanes) is 1. The van der Waals surface area contributed by atoms with Crippen molar-refractivity contribution in [3.63, 3.8) is 0 Å². The summed E-state index contributed by atoms with van der Waals surface area (Å²) in [5.41, 5.74) is 1.38. The van der Waals surface area contributed by atoms with Crippen LogP contribution in [-0.4, -0.2) is 50.1 Å². The standard InChI is InChI=1S/C19H27N3OS/c1-2-19(23)20-9-3-4-10-21-11-13-22(14-12-21)17-6-5-7-18-16(17)8-15-24-18/h5-8,15H,2-4,9-14H2,1H3,(H,20,23). The molecule has 0 unspecified atom stereocenters. The molecule has 0 aliphatic carbocycles. The van der Waals surface area contributed by atoms with E-state index in [2.05, 4.69) is 44.8 Å². The molecule has 1 aliphatic heterocycles. The molecule has 1 saturated heterocycles. The molecule has 1 N–H and O–H groups in total. The van der Waals surface area contributed by atoms with Crippen LogP contribution in [0.2, 0.25) is 0 Å². The molecule has 1 fully saturated rings. The minimum Gasteiger partial charge on any atom is -0.368 e. The maximum absolute atomic E-state index is 11.2. The highest BCUT2D eigenvalue weighted by molar-refractivity contribution is 7.17. The SMILES string of the molecule is CCC(=O)NCCCCN1CCN(c2cccc3sccc23)CC1. The van der Waals surface area contributed by atoms with Crippen molar-refractivity contribution in [2.45, 2.75) is 26.2 Å². The normalized spacial score (nSPS) is 15.8. The quantitative estimate of drug-likeness (QED) is 0.782. The maximum atomic E-state index is 11.2. The van der Waals surface area contributed by atoms with Crippen molar-refractivity contribution < 1.29 is 4.79 Å². The van der Waals surface area contributed by atoms with E-state index in [1.807, 2.05) is 18.3 Å². The van der Waals surface area contributed by atoms with Crippen molar-refractivity contribution in [1.82, 2.24) is 10.2 Å². The Morgan fingerprint density at radius 1 is 1.17 bits per heavy atom. The minimum atomic E-state index is 0.159. The van der Waals surface area contributed by atoms with E-state index < -0.39 is 0 Å². The number of rotatable bonds is 7. The van der Waals surface area contributed by atoms with E-state index in [1.54, 1.807) is 0 Å². The molecule has 24 heavy (non-hydrogen) atoms. The number of thiophene rings is 1. The van der Waals surface area contributed by atoms with Crippen LogP contribution in [0.5, 0.6) is 0 Å². The van der Waals surface area contributed by atoms with Gasteiger partial charge in [0.05, 0.1) is 0 Å². The Morgan fingerprint density at radius 2 is 2.00 bits per heavy atom. The Labute approximate surface area is 148 Å². The molecule has 0 bridgehead atoms. The fraction of sp³-hybridized carbons (Fsp3) is 0.526. The van der Waals surface area contributed by atoms with Crippen LogP contribution >= 0.6 is 11.3 Å². The summed E-state index contributed by atoms with van der Waals surface area (Å²) >= 11 is 1.82. The summed E-state index contributed by atoms with van der Waals surface area (Å²) < 4.78 is 1.38. The number of anilines is 1. The van der Waals surface area contributed by atoms with Gasteiger partial charge < -0.3 is 10.2 Å². The number of carbonyl (C=O) groups excluding carboxylic acids is 1. The Morgan fingerprint density at radius 3 is 2.79 bits per heavy atom. The predicted molar refractivity (Wildman–Crippen MR) is 103 cm³/mol. The molecule has 1 aromatic carbocycles. The zero-order valence-corrected chi connectivity index (χ0v) is 15.3. The third kappa shape index (κ3) is 4.28. The molecule has 4 nitrogen and oxygen atoms in total. The van der Waals surface area contributed by atoms with Gasteiger partial charge >= 0.3 is 0 Å². The van der Waals surface area contributed by atoms with Crippen LogP contribution in [0.15, 0.2) is 29.6 Å². The number of hydrogen-bond donors (Lipinski definition) is 1. The lowest BCUT2D eigenvalue weighted by molar-refractivity contribution is -0.120. The zero-order valence-electron chi connectivity index (χ0n) is 14.5. The molecule has 1 amide bonds. The van der Waals surface area contributed by atoms with Crippen LogP contribution in [0.3, 0.4) is 0 Å². The van der Waals surface area contributed by atoms with Crippen molar-refractivity contribution in [2.24, 2.45) is 0 Å². The van der Waals surface area contributed by atoms with Crippen LogP contribution in [-0.2, 0) is 4.79 Å². The van der Waals surface area contributed by atoms with E-state index >= 15 is 0 Å². The summed E-state index contributed by atoms with van der Waals surface area (Å²) in [6.45, 7) is 8.30. The number of fused-ring (bicyclic) bond motifs is 1. The van der Waals surface area contributed by atoms with Crippen molar-refractivity contribution in [2.75, 3.05) is 44.2 Å². The Balaban J connectivity index is 1.41. The molecule has 0 atom stereocenters. The van der Waals surface area contributed by atoms with E-state index in [9.17, 15) is 4.79 Å². The Hall–Kier alpha value is -1.59. The number of hydrogen-bond acceptors (Lipinski definition) is 4. The number of carbonyl (C=O) groups is 1. The van der Waals surface area contributed by atoms with Gasteiger partial charge in [0.25, 0.3) is 0 Å². The lowest BCUT2D eigenvalue weighted by Gasteiger charge is -2.36. The van der Waals surface area contributed by atoms with Gasteiger partial charge in [-0.25, -0.2) is 0 Å². The van der Waals surface area contributed by atoms with Crippen LogP contribution in [0, 0.1) is 0 Å². The molecule has 0 radical (unpaired) electrons. The average Bonchev–Trinajstić information content (AvgIpc) is 3.10. The molecule has 3 rings (SSSR count). The van der Waals surface area contributed by atoms with E-state index in [1.165, 1.54) is 15.8 Å². The summed E-state index contributed by atoms with van der Waals surface area (Å²) in [6, 6.07) is 8.87. The fourth-order valence-corrected chi connectivity index (χ4v) is 4.09. The highest BCUT2D eigenvalue weighted by atomic mass is 32.1. The van der Waals surface area contributed by atoms with Gasteiger partial charge in [-0.05, 0) is 43.0 Å². The second-order valence-electron chi connectivity index (χ2n) is 6.35. The first-order chi connectivity index (χ1) is 11.8. The van der Waals surface area contributed by atoms with Gasteiger partial charge in [0, 0.05) is 54.9 Å². The molecule has 0 spiro atoms. The van der Waals surface area contributed by atoms with E-state index in [-0.39, 0.29) is 5.91 Å². The summed E-state index contributed by atoms with van der Waals surface area (Å²) in [5, 5.41) is 6.52. The summed E-state index contributed by atoms with van der Waals surface area (Å²) in [5.74, 6) is 0.159. The molecule has 1 aromatic heterocycles. The van der Waals surface area contributed by atoms with Crippen LogP contribution < -0.4 is 10.2 Å². The molecule has 0 saturated carbocycles. The van der Waals surface area contributed by atoms with Crippen LogP contribution in [0.4, 0.5) is 5.69 Å². The summed E-state index contributed by atoms with van der Waals surface area (Å²) in [4.78, 5) is 16.3. The van der Waals surface area contributed by atoms with Gasteiger partial charge in [-0.3, -0.25) is 9.69 Å². The summed E-state index contributed by atoms with van der Waals surface area (Å²) in [7, 11) is 0. The first kappa shape index (κ1) is 17.2. The van der Waals surface area contributed by atoms with Crippen LogP contribution in [0.25, 0.3) is 10.1 Å². The number of nitrogens with one attached hydrogen (secondary N) is 1. The number of benzene rings is 1. The van der Waals surface area contributed by atoms with Gasteiger partial charge in [0.15, 0.2) is 0 Å². The van der Waals surface area contributed by atoms with Gasteiger partial charge in [0.1, 0.15) is 0 Å². The smallest absolute Gasteiger partial charge is 0.219 e. The zero-order chi connectivity index (χ0) is 16.8. The van der Waals surface area contributed by atoms with Gasteiger partial charge in [-0.15, -0.1) is 11.3 Å². The van der Waals surface area contributed by atoms with Gasteiger partial charge in [0.2, 0.25) is 5.91 Å². The maximum Gasteiger partial charge on any atom is 0.219 e. The number of amides is 1. The highest BCUT2D eigenvalue weighted by Gasteiger charge is 2.18. The third-order valence-corrected chi connectivity index (χ3v) is 5.61. The summed E-state index contributed by atoms with van der Waals surface area (Å²) in [6.07, 6.45) is 2.81. The van der Waals surface area contributed by atoms with E-state index in [0.717, 1.165) is 52.1 Å². The second kappa shape index (κ2) is 8.49. The van der Waals surface area contributed by atoms with Crippen molar-refractivity contribution in [3.8, 4) is 0 Å². The highest BCUT2D eigenvalue weighted by Crippen LogP contribution is 2.31. The predicted octanol–water partition coefficient (Wildman–Crippen LogP) is 3.33. The van der Waals surface area contributed by atoms with Crippen molar-refractivity contribution in [1.29, 1.82) is 0 Å². The molecule has 2 heterocycles. The van der Waals surface area contributed by atoms with Crippen LogP contribution in [0.1, 0.15) is 26.2 Å². The molecular weight excluding hydrogens is 318 g/mol. The first-order valence-electron chi connectivity index (χ1n) is 8.98. The van der Waals surface area contributed by atoms with Gasteiger partial charge in [-0.1, -0.05) is 13.0 Å². The molecule has 2 aromatic rings. The largest absolute Gasteiger partial charge is 0.368 e. The number of piperazine rings is 1. The second-order valence-corrected chi connectivity index (χ2v) is 7.30. The topological polar surface area (TPSA) is 35.6 Å².